The molecule has 1 N–H and O–H groups in total. The average Bonchev–Trinajstić information content (AvgIpc) is 3.24. The predicted molar refractivity (Wildman–Crippen MR) is 103 cm³/mol. The van der Waals surface area contributed by atoms with Gasteiger partial charge in [-0.1, -0.05) is 12.1 Å². The Morgan fingerprint density at radius 3 is 2.56 bits per heavy atom. The summed E-state index contributed by atoms with van der Waals surface area (Å²) in [6, 6.07) is 10.6. The van der Waals surface area contributed by atoms with E-state index in [0.717, 1.165) is 44.8 Å². The van der Waals surface area contributed by atoms with Crippen LogP contribution in [0.15, 0.2) is 42.6 Å². The van der Waals surface area contributed by atoms with Gasteiger partial charge in [-0.2, -0.15) is 0 Å². The number of para-hydroxylation sites is 1. The van der Waals surface area contributed by atoms with Crippen molar-refractivity contribution in [2.24, 2.45) is 0 Å². The minimum absolute atomic E-state index is 0.111. The predicted octanol–water partition coefficient (Wildman–Crippen LogP) is 2.66. The Kier molecular flexibility index (Phi) is 5.20. The van der Waals surface area contributed by atoms with E-state index in [9.17, 15) is 9.18 Å². The maximum absolute atomic E-state index is 13.9. The lowest BCUT2D eigenvalue weighted by molar-refractivity contribution is -0.124. The highest BCUT2D eigenvalue weighted by molar-refractivity contribution is 5.94. The molecular formula is C20H23FN4O2. The topological polar surface area (TPSA) is 57.7 Å². The van der Waals surface area contributed by atoms with Gasteiger partial charge in [0.25, 0.3) is 5.91 Å². The molecule has 2 aliphatic rings. The highest BCUT2D eigenvalue weighted by Gasteiger charge is 2.24. The van der Waals surface area contributed by atoms with E-state index >= 15 is 0 Å². The Hall–Kier alpha value is -2.67. The number of carbonyl (C=O) groups excluding carboxylic acids is 1. The van der Waals surface area contributed by atoms with Crippen molar-refractivity contribution < 1.29 is 13.9 Å². The first kappa shape index (κ1) is 17.7. The van der Waals surface area contributed by atoms with Crippen LogP contribution in [-0.4, -0.2) is 49.8 Å². The Balaban J connectivity index is 1.33. The van der Waals surface area contributed by atoms with Crippen LogP contribution in [0, 0.1) is 5.82 Å². The third kappa shape index (κ3) is 4.03. The van der Waals surface area contributed by atoms with Gasteiger partial charge in [-0.05, 0) is 37.1 Å². The summed E-state index contributed by atoms with van der Waals surface area (Å²) in [6.45, 7) is 3.65. The summed E-state index contributed by atoms with van der Waals surface area (Å²) in [6.07, 6.45) is 3.01. The Bertz CT molecular complexity index is 785. The van der Waals surface area contributed by atoms with Crippen LogP contribution in [0.2, 0.25) is 0 Å². The molecule has 7 heteroatoms. The Morgan fingerprint density at radius 2 is 1.89 bits per heavy atom. The number of amides is 1. The Morgan fingerprint density at radius 1 is 1.11 bits per heavy atom. The highest BCUT2D eigenvalue weighted by atomic mass is 19.1. The Labute approximate surface area is 157 Å². The van der Waals surface area contributed by atoms with Crippen molar-refractivity contribution in [2.45, 2.75) is 18.9 Å². The summed E-state index contributed by atoms with van der Waals surface area (Å²) < 4.78 is 19.3. The number of aromatic nitrogens is 1. The normalized spacial score (nSPS) is 20.0. The minimum atomic E-state index is -0.351. The number of hydrogen-bond acceptors (Lipinski definition) is 5. The number of carbonyl (C=O) groups is 1. The summed E-state index contributed by atoms with van der Waals surface area (Å²) in [7, 11) is 0. The molecule has 1 unspecified atom stereocenters. The monoisotopic (exact) mass is 370 g/mol. The van der Waals surface area contributed by atoms with Gasteiger partial charge in [0.2, 0.25) is 0 Å². The van der Waals surface area contributed by atoms with Gasteiger partial charge >= 0.3 is 0 Å². The number of ether oxygens (including phenoxy) is 1. The van der Waals surface area contributed by atoms with Gasteiger partial charge in [-0.3, -0.25) is 4.79 Å². The fourth-order valence-electron chi connectivity index (χ4n) is 3.54. The second-order valence-electron chi connectivity index (χ2n) is 6.82. The van der Waals surface area contributed by atoms with Crippen molar-refractivity contribution in [3.05, 3.63) is 48.4 Å². The van der Waals surface area contributed by atoms with Gasteiger partial charge < -0.3 is 19.9 Å². The quantitative estimate of drug-likeness (QED) is 0.897. The summed E-state index contributed by atoms with van der Waals surface area (Å²) in [5.74, 6) is 0.564. The molecule has 2 fully saturated rings. The van der Waals surface area contributed by atoms with Crippen molar-refractivity contribution in [1.82, 2.24) is 4.98 Å². The van der Waals surface area contributed by atoms with Gasteiger partial charge in [0.1, 0.15) is 17.7 Å². The minimum Gasteiger partial charge on any atom is -0.368 e. The first-order valence-corrected chi connectivity index (χ1v) is 9.34. The number of nitrogens with one attached hydrogen (secondary N) is 1. The molecule has 0 spiro atoms. The van der Waals surface area contributed by atoms with Gasteiger partial charge in [-0.15, -0.1) is 0 Å². The van der Waals surface area contributed by atoms with E-state index in [-0.39, 0.29) is 17.8 Å². The van der Waals surface area contributed by atoms with Crippen molar-refractivity contribution in [2.75, 3.05) is 47.9 Å². The van der Waals surface area contributed by atoms with Crippen molar-refractivity contribution in [3.63, 3.8) is 0 Å². The summed E-state index contributed by atoms with van der Waals surface area (Å²) in [5, 5.41) is 2.85. The molecule has 1 atom stereocenters. The number of rotatable bonds is 4. The first-order valence-electron chi connectivity index (χ1n) is 9.34. The molecule has 2 aliphatic heterocycles. The number of halogens is 1. The smallest absolute Gasteiger partial charge is 0.253 e. The molecule has 6 nitrogen and oxygen atoms in total. The van der Waals surface area contributed by atoms with Crippen molar-refractivity contribution in [3.8, 4) is 0 Å². The van der Waals surface area contributed by atoms with Crippen molar-refractivity contribution >= 4 is 23.1 Å². The van der Waals surface area contributed by atoms with Crippen molar-refractivity contribution in [1.29, 1.82) is 0 Å². The molecule has 2 saturated heterocycles. The summed E-state index contributed by atoms with van der Waals surface area (Å²) in [5.41, 5.74) is 1.32. The van der Waals surface area contributed by atoms with Crippen LogP contribution in [0.4, 0.5) is 21.6 Å². The molecule has 0 saturated carbocycles. The SMILES string of the molecule is O=C(Nc1ccc(N2CCN(c3ccccc3F)CC2)nc1)C1CCCO1. The fourth-order valence-corrected chi connectivity index (χ4v) is 3.54. The number of piperazine rings is 1. The van der Waals surface area contributed by atoms with E-state index in [1.54, 1.807) is 12.3 Å². The second kappa shape index (κ2) is 7.92. The maximum atomic E-state index is 13.9. The van der Waals surface area contributed by atoms with Gasteiger partial charge in [0.15, 0.2) is 0 Å². The molecule has 1 aromatic carbocycles. The number of hydrogen-bond donors (Lipinski definition) is 1. The molecule has 27 heavy (non-hydrogen) atoms. The lowest BCUT2D eigenvalue weighted by atomic mass is 10.2. The van der Waals surface area contributed by atoms with E-state index < -0.39 is 0 Å². The highest BCUT2D eigenvalue weighted by Crippen LogP contribution is 2.23. The van der Waals surface area contributed by atoms with Crippen LogP contribution < -0.4 is 15.1 Å². The second-order valence-corrected chi connectivity index (χ2v) is 6.82. The average molecular weight is 370 g/mol. The van der Waals surface area contributed by atoms with Crippen LogP contribution in [0.5, 0.6) is 0 Å². The standard InChI is InChI=1S/C20H23FN4O2/c21-16-4-1-2-5-17(16)24-9-11-25(12-10-24)19-8-7-15(14-22-19)23-20(26)18-6-3-13-27-18/h1-2,4-5,7-8,14,18H,3,6,9-13H2,(H,23,26). The molecule has 142 valence electrons. The molecule has 4 rings (SSSR count). The van der Waals surface area contributed by atoms with E-state index in [4.69, 9.17) is 4.74 Å². The molecule has 0 bridgehead atoms. The third-order valence-electron chi connectivity index (χ3n) is 5.03. The third-order valence-corrected chi connectivity index (χ3v) is 5.03. The molecule has 2 aromatic rings. The summed E-state index contributed by atoms with van der Waals surface area (Å²) >= 11 is 0. The molecule has 1 aromatic heterocycles. The number of nitrogens with zero attached hydrogens (tertiary/aromatic N) is 3. The molecule has 0 aliphatic carbocycles. The molecule has 1 amide bonds. The zero-order valence-corrected chi connectivity index (χ0v) is 15.1. The maximum Gasteiger partial charge on any atom is 0.253 e. The van der Waals surface area contributed by atoms with Gasteiger partial charge in [-0.25, -0.2) is 9.37 Å². The van der Waals surface area contributed by atoms with E-state index in [1.807, 2.05) is 24.3 Å². The fraction of sp³-hybridized carbons (Fsp3) is 0.400. The van der Waals surface area contributed by atoms with E-state index in [2.05, 4.69) is 20.1 Å². The van der Waals surface area contributed by atoms with Crippen LogP contribution in [0.3, 0.4) is 0 Å². The lowest BCUT2D eigenvalue weighted by Crippen LogP contribution is -2.47. The number of pyridine rings is 1. The van der Waals surface area contributed by atoms with Crippen LogP contribution in [-0.2, 0) is 9.53 Å². The molecule has 3 heterocycles. The lowest BCUT2D eigenvalue weighted by Gasteiger charge is -2.36. The van der Waals surface area contributed by atoms with Gasteiger partial charge in [0.05, 0.1) is 17.6 Å². The van der Waals surface area contributed by atoms with E-state index in [1.165, 1.54) is 6.07 Å². The van der Waals surface area contributed by atoms with Gasteiger partial charge in [0, 0.05) is 32.8 Å². The number of anilines is 3. The zero-order valence-electron chi connectivity index (χ0n) is 15.1. The zero-order chi connectivity index (χ0) is 18.6. The molecular weight excluding hydrogens is 347 g/mol. The first-order chi connectivity index (χ1) is 13.2. The van der Waals surface area contributed by atoms with Crippen LogP contribution >= 0.6 is 0 Å². The van der Waals surface area contributed by atoms with Crippen LogP contribution in [0.25, 0.3) is 0 Å². The number of benzene rings is 1. The van der Waals surface area contributed by atoms with Crippen LogP contribution in [0.1, 0.15) is 12.8 Å². The molecule has 0 radical (unpaired) electrons. The summed E-state index contributed by atoms with van der Waals surface area (Å²) in [4.78, 5) is 20.8. The largest absolute Gasteiger partial charge is 0.368 e. The van der Waals surface area contributed by atoms with E-state index in [0.29, 0.717) is 18.0 Å².